The Morgan fingerprint density at radius 1 is 0.600 bits per heavy atom. The number of hydrogen-bond acceptors (Lipinski definition) is 4. The van der Waals surface area contributed by atoms with Gasteiger partial charge < -0.3 is 13.7 Å². The third-order valence-electron chi connectivity index (χ3n) is 7.51. The summed E-state index contributed by atoms with van der Waals surface area (Å²) in [6.45, 7) is 0. The number of fused-ring (bicyclic) bond motifs is 6. The summed E-state index contributed by atoms with van der Waals surface area (Å²) >= 11 is 0. The van der Waals surface area contributed by atoms with Gasteiger partial charge in [-0.25, -0.2) is 9.97 Å². The van der Waals surface area contributed by atoms with Crippen LogP contribution >= 0.6 is 0 Å². The molecule has 8 rings (SSSR count). The van der Waals surface area contributed by atoms with Gasteiger partial charge in [0.05, 0.1) is 23.5 Å². The molecular formula is C35H23N3O2. The number of benzene rings is 5. The molecule has 0 atom stereocenters. The second kappa shape index (κ2) is 8.82. The molecule has 0 saturated carbocycles. The standard InChI is InChI=1S/C35H23N3O2/c1-39-30-20-10-17-27-32-34(40-33(27)30)31(22-11-3-2-4-12-22)36-35(37-32)23-13-9-14-24(21-23)38-28-18-7-5-15-25(28)26-16-6-8-19-29(26)38/h2-21H,1H3. The van der Waals surface area contributed by atoms with Crippen molar-refractivity contribution in [2.45, 2.75) is 0 Å². The molecule has 3 aromatic heterocycles. The summed E-state index contributed by atoms with van der Waals surface area (Å²) in [7, 11) is 1.65. The van der Waals surface area contributed by atoms with Crippen molar-refractivity contribution in [3.8, 4) is 34.1 Å². The molecule has 0 radical (unpaired) electrons. The van der Waals surface area contributed by atoms with Crippen LogP contribution in [0.1, 0.15) is 0 Å². The van der Waals surface area contributed by atoms with Crippen LogP contribution in [0, 0.1) is 0 Å². The van der Waals surface area contributed by atoms with Gasteiger partial charge >= 0.3 is 0 Å². The molecule has 5 nitrogen and oxygen atoms in total. The molecule has 0 bridgehead atoms. The Hall–Kier alpha value is -5.42. The topological polar surface area (TPSA) is 53.1 Å². The van der Waals surface area contributed by atoms with Crippen molar-refractivity contribution in [1.29, 1.82) is 0 Å². The first-order valence-electron chi connectivity index (χ1n) is 13.2. The normalized spacial score (nSPS) is 11.6. The molecule has 0 saturated heterocycles. The number of nitrogens with zero attached hydrogens (tertiary/aromatic N) is 3. The minimum atomic E-state index is 0.638. The fourth-order valence-electron chi connectivity index (χ4n) is 5.71. The predicted octanol–water partition coefficient (Wildman–Crippen LogP) is 8.82. The van der Waals surface area contributed by atoms with Gasteiger partial charge in [0.1, 0.15) is 11.2 Å². The molecule has 0 aliphatic heterocycles. The SMILES string of the molecule is COc1cccc2c1oc1c(-c3ccccc3)nc(-c3cccc(-n4c5ccccc5c5ccccc54)c3)nc12. The molecule has 3 heterocycles. The Kier molecular flexibility index (Phi) is 4.97. The predicted molar refractivity (Wildman–Crippen MR) is 161 cm³/mol. The Morgan fingerprint density at radius 2 is 1.25 bits per heavy atom. The zero-order valence-corrected chi connectivity index (χ0v) is 21.7. The first-order valence-corrected chi connectivity index (χ1v) is 13.2. The van der Waals surface area contributed by atoms with Gasteiger partial charge in [0, 0.05) is 27.6 Å². The lowest BCUT2D eigenvalue weighted by Gasteiger charge is -2.10. The van der Waals surface area contributed by atoms with Gasteiger partial charge in [-0.05, 0) is 36.4 Å². The highest BCUT2D eigenvalue weighted by molar-refractivity contribution is 6.10. The highest BCUT2D eigenvalue weighted by atomic mass is 16.5. The van der Waals surface area contributed by atoms with Gasteiger partial charge in [-0.3, -0.25) is 0 Å². The van der Waals surface area contributed by atoms with Gasteiger partial charge in [0.15, 0.2) is 22.7 Å². The van der Waals surface area contributed by atoms with E-state index in [9.17, 15) is 0 Å². The molecule has 5 heteroatoms. The lowest BCUT2D eigenvalue weighted by molar-refractivity contribution is 0.412. The van der Waals surface area contributed by atoms with Gasteiger partial charge in [-0.2, -0.15) is 0 Å². The Morgan fingerprint density at radius 3 is 2.00 bits per heavy atom. The summed E-state index contributed by atoms with van der Waals surface area (Å²) < 4.78 is 14.3. The fourth-order valence-corrected chi connectivity index (χ4v) is 5.71. The van der Waals surface area contributed by atoms with E-state index >= 15 is 0 Å². The summed E-state index contributed by atoms with van der Waals surface area (Å²) in [6.07, 6.45) is 0. The van der Waals surface area contributed by atoms with Crippen LogP contribution in [0.3, 0.4) is 0 Å². The molecule has 190 valence electrons. The monoisotopic (exact) mass is 517 g/mol. The van der Waals surface area contributed by atoms with Crippen LogP contribution in [0.15, 0.2) is 126 Å². The maximum Gasteiger partial charge on any atom is 0.180 e. The van der Waals surface area contributed by atoms with Gasteiger partial charge in [-0.1, -0.05) is 84.9 Å². The summed E-state index contributed by atoms with van der Waals surface area (Å²) in [5, 5.41) is 3.35. The molecule has 0 spiro atoms. The average molecular weight is 518 g/mol. The third kappa shape index (κ3) is 3.34. The molecular weight excluding hydrogens is 494 g/mol. The lowest BCUT2D eigenvalue weighted by atomic mass is 10.1. The van der Waals surface area contributed by atoms with E-state index in [-0.39, 0.29) is 0 Å². The molecule has 0 amide bonds. The molecule has 0 N–H and O–H groups in total. The lowest BCUT2D eigenvalue weighted by Crippen LogP contribution is -1.97. The summed E-state index contributed by atoms with van der Waals surface area (Å²) in [4.78, 5) is 10.2. The minimum Gasteiger partial charge on any atom is -0.493 e. The van der Waals surface area contributed by atoms with Crippen LogP contribution in [0.25, 0.3) is 72.2 Å². The van der Waals surface area contributed by atoms with Crippen molar-refractivity contribution in [3.05, 3.63) is 121 Å². The highest BCUT2D eigenvalue weighted by Gasteiger charge is 2.20. The number of rotatable bonds is 4. The number of aromatic nitrogens is 3. The maximum absolute atomic E-state index is 6.38. The highest BCUT2D eigenvalue weighted by Crippen LogP contribution is 2.39. The summed E-state index contributed by atoms with van der Waals surface area (Å²) in [6, 6.07) is 41.5. The van der Waals surface area contributed by atoms with Crippen LogP contribution in [0.5, 0.6) is 5.75 Å². The smallest absolute Gasteiger partial charge is 0.180 e. The van der Waals surface area contributed by atoms with E-state index in [4.69, 9.17) is 19.1 Å². The molecule has 8 aromatic rings. The van der Waals surface area contributed by atoms with E-state index in [1.807, 2.05) is 48.5 Å². The summed E-state index contributed by atoms with van der Waals surface area (Å²) in [5.74, 6) is 1.31. The Labute approximate surface area is 229 Å². The number of hydrogen-bond donors (Lipinski definition) is 0. The van der Waals surface area contributed by atoms with E-state index in [0.717, 1.165) is 44.4 Å². The van der Waals surface area contributed by atoms with Crippen LogP contribution in [0.4, 0.5) is 0 Å². The van der Waals surface area contributed by atoms with Crippen molar-refractivity contribution in [2.75, 3.05) is 7.11 Å². The zero-order chi connectivity index (χ0) is 26.6. The van der Waals surface area contributed by atoms with Crippen molar-refractivity contribution >= 4 is 43.9 Å². The van der Waals surface area contributed by atoms with Crippen LogP contribution in [0.2, 0.25) is 0 Å². The van der Waals surface area contributed by atoms with Crippen molar-refractivity contribution in [3.63, 3.8) is 0 Å². The number of furan rings is 1. The molecule has 40 heavy (non-hydrogen) atoms. The second-order valence-electron chi connectivity index (χ2n) is 9.80. The van der Waals surface area contributed by atoms with Crippen molar-refractivity contribution < 1.29 is 9.15 Å². The van der Waals surface area contributed by atoms with Gasteiger partial charge in [0.25, 0.3) is 0 Å². The molecule has 0 fully saturated rings. The molecule has 0 unspecified atom stereocenters. The van der Waals surface area contributed by atoms with Crippen molar-refractivity contribution in [2.24, 2.45) is 0 Å². The second-order valence-corrected chi connectivity index (χ2v) is 9.80. The summed E-state index contributed by atoms with van der Waals surface area (Å²) in [5.41, 5.74) is 8.10. The third-order valence-corrected chi connectivity index (χ3v) is 7.51. The van der Waals surface area contributed by atoms with Gasteiger partial charge in [0.2, 0.25) is 0 Å². The molecule has 0 aliphatic rings. The Balaban J connectivity index is 1.40. The van der Waals surface area contributed by atoms with Crippen molar-refractivity contribution in [1.82, 2.24) is 14.5 Å². The molecule has 0 aliphatic carbocycles. The number of ether oxygens (including phenoxy) is 1. The van der Waals surface area contributed by atoms with Crippen LogP contribution in [-0.2, 0) is 0 Å². The Bertz CT molecular complexity index is 2160. The van der Waals surface area contributed by atoms with Gasteiger partial charge in [-0.15, -0.1) is 0 Å². The van der Waals surface area contributed by atoms with E-state index in [0.29, 0.717) is 22.7 Å². The first kappa shape index (κ1) is 22.6. The quantitative estimate of drug-likeness (QED) is 0.234. The van der Waals surface area contributed by atoms with E-state index in [1.54, 1.807) is 7.11 Å². The minimum absolute atomic E-state index is 0.638. The average Bonchev–Trinajstić information content (AvgIpc) is 3.57. The van der Waals surface area contributed by atoms with E-state index in [1.165, 1.54) is 10.8 Å². The number of para-hydroxylation sites is 3. The molecule has 5 aromatic carbocycles. The van der Waals surface area contributed by atoms with E-state index in [2.05, 4.69) is 77.4 Å². The first-order chi connectivity index (χ1) is 19.8. The van der Waals surface area contributed by atoms with E-state index < -0.39 is 0 Å². The fraction of sp³-hybridized carbons (Fsp3) is 0.0286. The largest absolute Gasteiger partial charge is 0.493 e. The zero-order valence-electron chi connectivity index (χ0n) is 21.7. The van der Waals surface area contributed by atoms with Crippen LogP contribution in [-0.4, -0.2) is 21.6 Å². The number of methoxy groups -OCH3 is 1. The van der Waals surface area contributed by atoms with Crippen LogP contribution < -0.4 is 4.74 Å². The maximum atomic E-state index is 6.38.